The summed E-state index contributed by atoms with van der Waals surface area (Å²) >= 11 is 0. The Labute approximate surface area is 148 Å². The lowest BCUT2D eigenvalue weighted by atomic mass is 10.2. The van der Waals surface area contributed by atoms with Crippen LogP contribution >= 0.6 is 0 Å². The van der Waals surface area contributed by atoms with E-state index in [1.54, 1.807) is 18.5 Å². The average Bonchev–Trinajstić information content (AvgIpc) is 2.98. The largest absolute Gasteiger partial charge is 0.494 e. The van der Waals surface area contributed by atoms with Crippen molar-refractivity contribution in [1.82, 2.24) is 19.2 Å². The minimum absolute atomic E-state index is 0.157. The molecule has 1 fully saturated rings. The maximum absolute atomic E-state index is 13.9. The van der Waals surface area contributed by atoms with Crippen LogP contribution in [0.25, 0.3) is 5.65 Å². The van der Waals surface area contributed by atoms with Crippen LogP contribution in [0.4, 0.5) is 10.2 Å². The number of ether oxygens (including phenoxy) is 2. The molecule has 1 saturated heterocycles. The molecule has 9 heteroatoms. The molecule has 0 radical (unpaired) electrons. The number of hydrogen-bond acceptors (Lipinski definition) is 6. The normalized spacial score (nSPS) is 14.8. The van der Waals surface area contributed by atoms with Crippen molar-refractivity contribution in [3.05, 3.63) is 52.5 Å². The van der Waals surface area contributed by atoms with E-state index in [2.05, 4.69) is 10.1 Å². The monoisotopic (exact) mass is 359 g/mol. The number of anilines is 1. The summed E-state index contributed by atoms with van der Waals surface area (Å²) in [7, 11) is 1.41. The van der Waals surface area contributed by atoms with Gasteiger partial charge in [0.25, 0.3) is 0 Å². The molecule has 2 aromatic heterocycles. The second-order valence-corrected chi connectivity index (χ2v) is 5.95. The first-order chi connectivity index (χ1) is 12.7. The first-order valence-corrected chi connectivity index (χ1v) is 8.26. The predicted octanol–water partition coefficient (Wildman–Crippen LogP) is 0.924. The van der Waals surface area contributed by atoms with E-state index in [1.807, 2.05) is 4.90 Å². The zero-order valence-corrected chi connectivity index (χ0v) is 14.3. The van der Waals surface area contributed by atoms with Crippen LogP contribution in [0.5, 0.6) is 5.75 Å². The van der Waals surface area contributed by atoms with Crippen LogP contribution in [-0.4, -0.2) is 52.6 Å². The highest BCUT2D eigenvalue weighted by Crippen LogP contribution is 2.19. The van der Waals surface area contributed by atoms with Crippen LogP contribution in [-0.2, 0) is 11.3 Å². The second kappa shape index (κ2) is 6.75. The molecule has 4 rings (SSSR count). The van der Waals surface area contributed by atoms with E-state index >= 15 is 0 Å². The molecule has 0 unspecified atom stereocenters. The maximum Gasteiger partial charge on any atom is 0.350 e. The van der Waals surface area contributed by atoms with E-state index in [0.29, 0.717) is 43.3 Å². The summed E-state index contributed by atoms with van der Waals surface area (Å²) < 4.78 is 26.9. The third kappa shape index (κ3) is 2.90. The molecule has 0 amide bonds. The molecular formula is C17H18FN5O3. The lowest BCUT2D eigenvalue weighted by molar-refractivity contribution is 0.122. The van der Waals surface area contributed by atoms with Gasteiger partial charge in [0.2, 0.25) is 5.65 Å². The highest BCUT2D eigenvalue weighted by atomic mass is 19.1. The topological polar surface area (TPSA) is 73.9 Å². The van der Waals surface area contributed by atoms with Gasteiger partial charge in [-0.1, -0.05) is 6.07 Å². The summed E-state index contributed by atoms with van der Waals surface area (Å²) in [6.07, 6.45) is 3.16. The Kier molecular flexibility index (Phi) is 4.29. The molecule has 1 aliphatic rings. The molecule has 1 aliphatic heterocycles. The van der Waals surface area contributed by atoms with Gasteiger partial charge in [0.1, 0.15) is 0 Å². The van der Waals surface area contributed by atoms with Crippen LogP contribution < -0.4 is 15.3 Å². The number of morpholine rings is 1. The predicted molar refractivity (Wildman–Crippen MR) is 92.3 cm³/mol. The first kappa shape index (κ1) is 16.5. The van der Waals surface area contributed by atoms with Gasteiger partial charge >= 0.3 is 5.69 Å². The Hall–Kier alpha value is -2.94. The molecule has 3 aromatic rings. The highest BCUT2D eigenvalue weighted by molar-refractivity contribution is 5.63. The average molecular weight is 359 g/mol. The van der Waals surface area contributed by atoms with Crippen LogP contribution in [0, 0.1) is 5.82 Å². The summed E-state index contributed by atoms with van der Waals surface area (Å²) in [5.74, 6) is 0.333. The van der Waals surface area contributed by atoms with Crippen molar-refractivity contribution in [3.63, 3.8) is 0 Å². The number of halogens is 1. The number of hydrogen-bond donors (Lipinski definition) is 0. The van der Waals surface area contributed by atoms with Gasteiger partial charge in [-0.15, -0.1) is 5.10 Å². The summed E-state index contributed by atoms with van der Waals surface area (Å²) in [5.41, 5.74) is 0.802. The van der Waals surface area contributed by atoms with E-state index in [0.717, 1.165) is 0 Å². The smallest absolute Gasteiger partial charge is 0.350 e. The van der Waals surface area contributed by atoms with Gasteiger partial charge in [-0.2, -0.15) is 0 Å². The third-order valence-corrected chi connectivity index (χ3v) is 4.34. The fraction of sp³-hybridized carbons (Fsp3) is 0.353. The van der Waals surface area contributed by atoms with Gasteiger partial charge in [0.05, 0.1) is 26.9 Å². The van der Waals surface area contributed by atoms with Gasteiger partial charge in [-0.05, 0) is 17.7 Å². The van der Waals surface area contributed by atoms with Crippen molar-refractivity contribution in [1.29, 1.82) is 0 Å². The number of nitrogens with zero attached hydrogens (tertiary/aromatic N) is 5. The minimum atomic E-state index is -0.475. The third-order valence-electron chi connectivity index (χ3n) is 4.34. The number of rotatable bonds is 4. The molecule has 0 spiro atoms. The van der Waals surface area contributed by atoms with Gasteiger partial charge in [0.15, 0.2) is 17.4 Å². The number of fused-ring (bicyclic) bond motifs is 1. The van der Waals surface area contributed by atoms with E-state index < -0.39 is 5.82 Å². The molecule has 0 saturated carbocycles. The zero-order valence-electron chi connectivity index (χ0n) is 14.3. The van der Waals surface area contributed by atoms with E-state index in [9.17, 15) is 9.18 Å². The van der Waals surface area contributed by atoms with Gasteiger partial charge < -0.3 is 14.4 Å². The molecule has 0 aliphatic carbocycles. The summed E-state index contributed by atoms with van der Waals surface area (Å²) in [5, 5.41) is 4.42. The number of aromatic nitrogens is 4. The quantitative estimate of drug-likeness (QED) is 0.690. The van der Waals surface area contributed by atoms with Gasteiger partial charge in [0, 0.05) is 25.5 Å². The van der Waals surface area contributed by atoms with Crippen molar-refractivity contribution >= 4 is 11.5 Å². The van der Waals surface area contributed by atoms with Crippen molar-refractivity contribution in [2.24, 2.45) is 0 Å². The fourth-order valence-electron chi connectivity index (χ4n) is 3.02. The lowest BCUT2D eigenvalue weighted by Crippen LogP contribution is -2.37. The van der Waals surface area contributed by atoms with Gasteiger partial charge in [-0.25, -0.2) is 23.3 Å². The Balaban J connectivity index is 1.71. The highest BCUT2D eigenvalue weighted by Gasteiger charge is 2.19. The first-order valence-electron chi connectivity index (χ1n) is 8.26. The Bertz CT molecular complexity index is 994. The van der Waals surface area contributed by atoms with E-state index in [-0.39, 0.29) is 18.0 Å². The van der Waals surface area contributed by atoms with Gasteiger partial charge in [-0.3, -0.25) is 0 Å². The number of benzene rings is 1. The molecule has 136 valence electrons. The van der Waals surface area contributed by atoms with Crippen molar-refractivity contribution in [2.75, 3.05) is 38.3 Å². The standard InChI is InChI=1S/C17H18FN5O3/c1-25-14-3-2-12(10-13(14)18)11-23-17(24)22-5-4-19-15(16(22)20-23)21-6-8-26-9-7-21/h2-5,10H,6-9,11H2,1H3. The lowest BCUT2D eigenvalue weighted by Gasteiger charge is -2.27. The molecule has 0 N–H and O–H groups in total. The summed E-state index contributed by atoms with van der Waals surface area (Å²) in [4.78, 5) is 19.1. The fourth-order valence-corrected chi connectivity index (χ4v) is 3.02. The molecule has 3 heterocycles. The molecule has 0 atom stereocenters. The minimum Gasteiger partial charge on any atom is -0.494 e. The second-order valence-electron chi connectivity index (χ2n) is 5.95. The molecule has 0 bridgehead atoms. The van der Waals surface area contributed by atoms with E-state index in [4.69, 9.17) is 9.47 Å². The van der Waals surface area contributed by atoms with Crippen molar-refractivity contribution in [3.8, 4) is 5.75 Å². The number of methoxy groups -OCH3 is 1. The molecular weight excluding hydrogens is 341 g/mol. The van der Waals surface area contributed by atoms with Crippen LogP contribution in [0.15, 0.2) is 35.4 Å². The molecule has 26 heavy (non-hydrogen) atoms. The van der Waals surface area contributed by atoms with Crippen LogP contribution in [0.3, 0.4) is 0 Å². The molecule has 8 nitrogen and oxygen atoms in total. The Morgan fingerprint density at radius 3 is 2.85 bits per heavy atom. The Morgan fingerprint density at radius 1 is 1.31 bits per heavy atom. The zero-order chi connectivity index (χ0) is 18.1. The SMILES string of the molecule is COc1ccc(Cn2nc3c(N4CCOCC4)nccn3c2=O)cc1F. The Morgan fingerprint density at radius 2 is 2.12 bits per heavy atom. The van der Waals surface area contributed by atoms with Crippen molar-refractivity contribution < 1.29 is 13.9 Å². The van der Waals surface area contributed by atoms with Crippen LogP contribution in [0.2, 0.25) is 0 Å². The van der Waals surface area contributed by atoms with Crippen molar-refractivity contribution in [2.45, 2.75) is 6.54 Å². The van der Waals surface area contributed by atoms with E-state index in [1.165, 1.54) is 28.3 Å². The van der Waals surface area contributed by atoms with Crippen LogP contribution in [0.1, 0.15) is 5.56 Å². The summed E-state index contributed by atoms with van der Waals surface area (Å²) in [6.45, 7) is 2.76. The molecule has 1 aromatic carbocycles. The summed E-state index contributed by atoms with van der Waals surface area (Å²) in [6, 6.07) is 4.59. The maximum atomic E-state index is 13.9.